The Kier molecular flexibility index (Phi) is 5.42. The highest BCUT2D eigenvalue weighted by Gasteiger charge is 2.30. The lowest BCUT2D eigenvalue weighted by Crippen LogP contribution is -2.13. The van der Waals surface area contributed by atoms with Gasteiger partial charge in [0.2, 0.25) is 5.88 Å². The molecule has 0 spiro atoms. The molecular formula is C21H18N2O6S2. The van der Waals surface area contributed by atoms with Crippen molar-refractivity contribution in [1.29, 1.82) is 0 Å². The quantitative estimate of drug-likeness (QED) is 0.425. The molecule has 0 unspecified atom stereocenters. The van der Waals surface area contributed by atoms with Crippen molar-refractivity contribution >= 4 is 43.4 Å². The fraction of sp³-hybridized carbons (Fsp3) is 0.143. The average Bonchev–Trinajstić information content (AvgIpc) is 3.33. The molecule has 4 aromatic rings. The van der Waals surface area contributed by atoms with Crippen LogP contribution in [0.4, 0.5) is 5.88 Å². The van der Waals surface area contributed by atoms with E-state index in [4.69, 9.17) is 13.9 Å². The van der Waals surface area contributed by atoms with Crippen molar-refractivity contribution in [3.8, 4) is 16.3 Å². The number of nitrogens with one attached hydrogen (secondary N) is 1. The van der Waals surface area contributed by atoms with Crippen LogP contribution in [-0.4, -0.2) is 33.6 Å². The summed E-state index contributed by atoms with van der Waals surface area (Å²) in [6.45, 7) is 1.56. The van der Waals surface area contributed by atoms with E-state index in [0.29, 0.717) is 10.8 Å². The second-order valence-electron chi connectivity index (χ2n) is 6.50. The van der Waals surface area contributed by atoms with E-state index in [2.05, 4.69) is 9.71 Å². The number of carbonyl (C=O) groups is 1. The maximum absolute atomic E-state index is 13.0. The van der Waals surface area contributed by atoms with E-state index in [0.717, 1.165) is 10.2 Å². The zero-order chi connectivity index (χ0) is 22.2. The summed E-state index contributed by atoms with van der Waals surface area (Å²) in [5.41, 5.74) is 1.08. The van der Waals surface area contributed by atoms with Crippen LogP contribution in [-0.2, 0) is 14.8 Å². The summed E-state index contributed by atoms with van der Waals surface area (Å²) in [6.07, 6.45) is 0. The smallest absolute Gasteiger partial charge is 0.342 e. The van der Waals surface area contributed by atoms with Gasteiger partial charge >= 0.3 is 5.97 Å². The van der Waals surface area contributed by atoms with Crippen LogP contribution >= 0.6 is 11.3 Å². The number of carbonyl (C=O) groups excluding carboxylic acids is 1. The van der Waals surface area contributed by atoms with Crippen LogP contribution in [0, 0.1) is 6.92 Å². The SMILES string of the molecule is COC(=O)c1c(C)oc(NS(=O)(=O)c2ccc(OC)cc2)c1-c1nc2ccccc2s1. The Morgan fingerprint density at radius 3 is 2.45 bits per heavy atom. The maximum Gasteiger partial charge on any atom is 0.342 e. The number of aryl methyl sites for hydroxylation is 1. The van der Waals surface area contributed by atoms with E-state index in [9.17, 15) is 13.2 Å². The molecule has 8 nitrogen and oxygen atoms in total. The van der Waals surface area contributed by atoms with Gasteiger partial charge in [0.1, 0.15) is 22.1 Å². The van der Waals surface area contributed by atoms with E-state index in [1.54, 1.807) is 6.92 Å². The molecule has 0 fully saturated rings. The van der Waals surface area contributed by atoms with E-state index in [1.807, 2.05) is 24.3 Å². The van der Waals surface area contributed by atoms with Crippen molar-refractivity contribution in [2.24, 2.45) is 0 Å². The van der Waals surface area contributed by atoms with Gasteiger partial charge in [0.25, 0.3) is 10.0 Å². The molecule has 0 saturated heterocycles. The molecule has 0 saturated carbocycles. The van der Waals surface area contributed by atoms with Crippen LogP contribution in [0.5, 0.6) is 5.75 Å². The highest BCUT2D eigenvalue weighted by atomic mass is 32.2. The van der Waals surface area contributed by atoms with Gasteiger partial charge in [0.05, 0.1) is 34.9 Å². The Bertz CT molecular complexity index is 1340. The van der Waals surface area contributed by atoms with Gasteiger partial charge in [0, 0.05) is 0 Å². The maximum atomic E-state index is 13.0. The summed E-state index contributed by atoms with van der Waals surface area (Å²) in [7, 11) is -1.27. The minimum Gasteiger partial charge on any atom is -0.497 e. The van der Waals surface area contributed by atoms with Gasteiger partial charge in [-0.25, -0.2) is 22.9 Å². The molecule has 2 aromatic carbocycles. The number of ether oxygens (including phenoxy) is 2. The lowest BCUT2D eigenvalue weighted by Gasteiger charge is -2.08. The van der Waals surface area contributed by atoms with Crippen LogP contribution in [0.1, 0.15) is 16.1 Å². The number of furan rings is 1. The van der Waals surface area contributed by atoms with Gasteiger partial charge in [-0.1, -0.05) is 12.1 Å². The predicted octanol–water partition coefficient (Wildman–Crippen LogP) is 4.46. The predicted molar refractivity (Wildman–Crippen MR) is 117 cm³/mol. The number of hydrogen-bond donors (Lipinski definition) is 1. The molecule has 0 amide bonds. The Hall–Kier alpha value is -3.37. The third-order valence-corrected chi connectivity index (χ3v) is 6.98. The summed E-state index contributed by atoms with van der Waals surface area (Å²) in [5, 5.41) is 0.436. The summed E-state index contributed by atoms with van der Waals surface area (Å²) < 4.78 is 44.9. The van der Waals surface area contributed by atoms with Crippen molar-refractivity contribution in [2.75, 3.05) is 18.9 Å². The second-order valence-corrected chi connectivity index (χ2v) is 9.21. The molecule has 4 rings (SSSR count). The Balaban J connectivity index is 1.84. The Morgan fingerprint density at radius 2 is 1.81 bits per heavy atom. The molecule has 10 heteroatoms. The number of anilines is 1. The molecule has 160 valence electrons. The van der Waals surface area contributed by atoms with Gasteiger partial charge in [0.15, 0.2) is 0 Å². The molecule has 0 aliphatic heterocycles. The second kappa shape index (κ2) is 8.05. The molecule has 2 aromatic heterocycles. The van der Waals surface area contributed by atoms with Crippen molar-refractivity contribution in [3.63, 3.8) is 0 Å². The summed E-state index contributed by atoms with van der Waals surface area (Å²) in [6, 6.07) is 13.3. The zero-order valence-corrected chi connectivity index (χ0v) is 18.5. The Labute approximate surface area is 182 Å². The van der Waals surface area contributed by atoms with E-state index in [-0.39, 0.29) is 27.7 Å². The molecule has 0 aliphatic carbocycles. The molecule has 1 N–H and O–H groups in total. The lowest BCUT2D eigenvalue weighted by atomic mass is 10.1. The molecular weight excluding hydrogens is 440 g/mol. The number of nitrogens with zero attached hydrogens (tertiary/aromatic N) is 1. The first-order valence-corrected chi connectivity index (χ1v) is 11.4. The van der Waals surface area contributed by atoms with E-state index in [1.165, 1.54) is 49.8 Å². The third-order valence-electron chi connectivity index (χ3n) is 4.58. The number of aromatic nitrogens is 1. The van der Waals surface area contributed by atoms with Gasteiger partial charge in [-0.05, 0) is 43.3 Å². The number of hydrogen-bond acceptors (Lipinski definition) is 8. The van der Waals surface area contributed by atoms with Crippen LogP contribution in [0.15, 0.2) is 57.8 Å². The molecule has 31 heavy (non-hydrogen) atoms. The minimum atomic E-state index is -4.01. The number of esters is 1. The van der Waals surface area contributed by atoms with Gasteiger partial charge in [-0.15, -0.1) is 11.3 Å². The van der Waals surface area contributed by atoms with Crippen molar-refractivity contribution < 1.29 is 27.1 Å². The van der Waals surface area contributed by atoms with Crippen molar-refractivity contribution in [3.05, 3.63) is 59.9 Å². The number of rotatable bonds is 6. The fourth-order valence-corrected chi connectivity index (χ4v) is 5.10. The molecule has 0 radical (unpaired) electrons. The van der Waals surface area contributed by atoms with E-state index < -0.39 is 16.0 Å². The first-order valence-electron chi connectivity index (χ1n) is 9.08. The van der Waals surface area contributed by atoms with Gasteiger partial charge in [-0.2, -0.15) is 0 Å². The van der Waals surface area contributed by atoms with Crippen LogP contribution in [0.25, 0.3) is 20.8 Å². The fourth-order valence-electron chi connectivity index (χ4n) is 3.08. The number of thiazole rings is 1. The van der Waals surface area contributed by atoms with Crippen molar-refractivity contribution in [1.82, 2.24) is 4.98 Å². The molecule has 0 atom stereocenters. The normalized spacial score (nSPS) is 11.5. The number of sulfonamides is 1. The number of para-hydroxylation sites is 1. The standard InChI is InChI=1S/C21H18N2O6S2/c1-12-17(21(24)28-3)18(20-22-15-6-4-5-7-16(15)30-20)19(29-12)23-31(25,26)14-10-8-13(27-2)9-11-14/h4-11,23H,1-3H3. The monoisotopic (exact) mass is 458 g/mol. The van der Waals surface area contributed by atoms with Crippen LogP contribution < -0.4 is 9.46 Å². The molecule has 0 aliphatic rings. The first-order chi connectivity index (χ1) is 14.8. The zero-order valence-electron chi connectivity index (χ0n) is 16.8. The number of fused-ring (bicyclic) bond motifs is 1. The minimum absolute atomic E-state index is 0.0113. The summed E-state index contributed by atoms with van der Waals surface area (Å²) >= 11 is 1.32. The highest BCUT2D eigenvalue weighted by molar-refractivity contribution is 7.92. The third kappa shape index (κ3) is 3.87. The van der Waals surface area contributed by atoms with Crippen molar-refractivity contribution in [2.45, 2.75) is 11.8 Å². The summed E-state index contributed by atoms with van der Waals surface area (Å²) in [4.78, 5) is 17.0. The average molecular weight is 459 g/mol. The summed E-state index contributed by atoms with van der Waals surface area (Å²) in [5.74, 6) is -0.0114. The van der Waals surface area contributed by atoms with Crippen LogP contribution in [0.2, 0.25) is 0 Å². The Morgan fingerprint density at radius 1 is 1.10 bits per heavy atom. The number of methoxy groups -OCH3 is 2. The lowest BCUT2D eigenvalue weighted by molar-refractivity contribution is 0.0599. The molecule has 0 bridgehead atoms. The van der Waals surface area contributed by atoms with Gasteiger partial charge < -0.3 is 13.9 Å². The number of benzene rings is 2. The van der Waals surface area contributed by atoms with Gasteiger partial charge in [-0.3, -0.25) is 0 Å². The van der Waals surface area contributed by atoms with Crippen LogP contribution in [0.3, 0.4) is 0 Å². The topological polar surface area (TPSA) is 108 Å². The first kappa shape index (κ1) is 20.9. The van der Waals surface area contributed by atoms with E-state index >= 15 is 0 Å². The highest BCUT2D eigenvalue weighted by Crippen LogP contribution is 2.41. The molecule has 2 heterocycles. The largest absolute Gasteiger partial charge is 0.497 e.